The lowest BCUT2D eigenvalue weighted by Gasteiger charge is -2.32. The summed E-state index contributed by atoms with van der Waals surface area (Å²) >= 11 is 0. The van der Waals surface area contributed by atoms with Gasteiger partial charge in [0.2, 0.25) is 10.0 Å². The number of amides is 1. The number of nitrogens with zero attached hydrogens (tertiary/aromatic N) is 2. The highest BCUT2D eigenvalue weighted by atomic mass is 32.2. The lowest BCUT2D eigenvalue weighted by atomic mass is 10.1. The number of hydrogen-bond donors (Lipinski definition) is 1. The van der Waals surface area contributed by atoms with Gasteiger partial charge in [0, 0.05) is 38.4 Å². The SMILES string of the molecule is Cc1cc(C(=O)NCCN(C2CCOCC2)S(C)(=O)=O)no1. The Hall–Kier alpha value is -1.45. The van der Waals surface area contributed by atoms with Crippen molar-refractivity contribution in [3.8, 4) is 0 Å². The van der Waals surface area contributed by atoms with E-state index in [0.29, 0.717) is 31.8 Å². The topological polar surface area (TPSA) is 102 Å². The Balaban J connectivity index is 1.90. The van der Waals surface area contributed by atoms with Crippen molar-refractivity contribution in [2.75, 3.05) is 32.6 Å². The second kappa shape index (κ2) is 7.21. The number of aryl methyl sites for hydroxylation is 1. The van der Waals surface area contributed by atoms with Gasteiger partial charge in [0.05, 0.1) is 6.26 Å². The fourth-order valence-corrected chi connectivity index (χ4v) is 3.61. The van der Waals surface area contributed by atoms with E-state index in [2.05, 4.69) is 10.5 Å². The van der Waals surface area contributed by atoms with Gasteiger partial charge in [-0.2, -0.15) is 4.31 Å². The maximum Gasteiger partial charge on any atom is 0.273 e. The van der Waals surface area contributed by atoms with Gasteiger partial charge in [0.15, 0.2) is 5.69 Å². The molecular weight excluding hydrogens is 310 g/mol. The van der Waals surface area contributed by atoms with Gasteiger partial charge >= 0.3 is 0 Å². The van der Waals surface area contributed by atoms with E-state index in [1.807, 2.05) is 0 Å². The van der Waals surface area contributed by atoms with Crippen LogP contribution in [0.25, 0.3) is 0 Å². The number of ether oxygens (including phenoxy) is 1. The van der Waals surface area contributed by atoms with Crippen molar-refractivity contribution in [3.63, 3.8) is 0 Å². The molecule has 1 saturated heterocycles. The molecule has 2 heterocycles. The lowest BCUT2D eigenvalue weighted by molar-refractivity contribution is 0.0585. The summed E-state index contributed by atoms with van der Waals surface area (Å²) in [6, 6.07) is 1.46. The number of aromatic nitrogens is 1. The van der Waals surface area contributed by atoms with E-state index >= 15 is 0 Å². The normalized spacial score (nSPS) is 16.9. The van der Waals surface area contributed by atoms with E-state index in [9.17, 15) is 13.2 Å². The van der Waals surface area contributed by atoms with Crippen LogP contribution in [0.15, 0.2) is 10.6 Å². The summed E-state index contributed by atoms with van der Waals surface area (Å²) in [6.45, 7) is 3.25. The minimum atomic E-state index is -3.33. The summed E-state index contributed by atoms with van der Waals surface area (Å²) in [5, 5.41) is 6.27. The maximum absolute atomic E-state index is 11.9. The smallest absolute Gasteiger partial charge is 0.273 e. The van der Waals surface area contributed by atoms with Crippen LogP contribution in [0.4, 0.5) is 0 Å². The van der Waals surface area contributed by atoms with E-state index in [4.69, 9.17) is 9.26 Å². The first kappa shape index (κ1) is 16.9. The Labute approximate surface area is 129 Å². The molecule has 0 spiro atoms. The first-order valence-corrected chi connectivity index (χ1v) is 8.99. The number of carbonyl (C=O) groups is 1. The molecule has 0 saturated carbocycles. The van der Waals surface area contributed by atoms with Crippen LogP contribution in [0.2, 0.25) is 0 Å². The fraction of sp³-hybridized carbons (Fsp3) is 0.692. The van der Waals surface area contributed by atoms with Crippen LogP contribution in [-0.4, -0.2) is 62.4 Å². The van der Waals surface area contributed by atoms with E-state index in [-0.39, 0.29) is 30.7 Å². The van der Waals surface area contributed by atoms with Crippen molar-refractivity contribution in [2.24, 2.45) is 0 Å². The van der Waals surface area contributed by atoms with Gasteiger partial charge in [-0.3, -0.25) is 4.79 Å². The summed E-state index contributed by atoms with van der Waals surface area (Å²) in [7, 11) is -3.33. The Bertz CT molecular complexity index is 607. The molecule has 9 heteroatoms. The molecule has 1 aliphatic heterocycles. The average Bonchev–Trinajstić information content (AvgIpc) is 2.89. The number of rotatable bonds is 6. The molecule has 1 N–H and O–H groups in total. The number of hydrogen-bond acceptors (Lipinski definition) is 6. The molecule has 8 nitrogen and oxygen atoms in total. The summed E-state index contributed by atoms with van der Waals surface area (Å²) in [6.07, 6.45) is 2.53. The molecule has 1 aromatic rings. The molecule has 0 bridgehead atoms. The quantitative estimate of drug-likeness (QED) is 0.796. The van der Waals surface area contributed by atoms with Crippen molar-refractivity contribution in [1.82, 2.24) is 14.8 Å². The summed E-state index contributed by atoms with van der Waals surface area (Å²) in [5.74, 6) is 0.169. The molecule has 1 amide bonds. The van der Waals surface area contributed by atoms with Crippen LogP contribution < -0.4 is 5.32 Å². The molecular formula is C13H21N3O5S. The van der Waals surface area contributed by atoms with Gasteiger partial charge in [-0.1, -0.05) is 5.16 Å². The minimum Gasteiger partial charge on any atom is -0.381 e. The third-order valence-electron chi connectivity index (χ3n) is 3.50. The molecule has 1 aliphatic rings. The van der Waals surface area contributed by atoms with Gasteiger partial charge < -0.3 is 14.6 Å². The van der Waals surface area contributed by atoms with Crippen molar-refractivity contribution in [1.29, 1.82) is 0 Å². The second-order valence-electron chi connectivity index (χ2n) is 5.30. The molecule has 0 aromatic carbocycles. The lowest BCUT2D eigenvalue weighted by Crippen LogP contribution is -2.46. The molecule has 22 heavy (non-hydrogen) atoms. The highest BCUT2D eigenvalue weighted by molar-refractivity contribution is 7.88. The second-order valence-corrected chi connectivity index (χ2v) is 7.23. The van der Waals surface area contributed by atoms with Crippen LogP contribution >= 0.6 is 0 Å². The summed E-state index contributed by atoms with van der Waals surface area (Å²) in [5.41, 5.74) is 0.189. The van der Waals surface area contributed by atoms with E-state index in [0.717, 1.165) is 0 Å². The van der Waals surface area contributed by atoms with E-state index in [1.54, 1.807) is 6.92 Å². The standard InChI is InChI=1S/C13H21N3O5S/c1-10-9-12(15-21-10)13(17)14-5-6-16(22(2,18)19)11-3-7-20-8-4-11/h9,11H,3-8H2,1-2H3,(H,14,17). The third-order valence-corrected chi connectivity index (χ3v) is 4.84. The molecule has 0 aliphatic carbocycles. The molecule has 2 rings (SSSR count). The van der Waals surface area contributed by atoms with Crippen molar-refractivity contribution < 1.29 is 22.5 Å². The van der Waals surface area contributed by atoms with Gasteiger partial charge in [0.1, 0.15) is 5.76 Å². The van der Waals surface area contributed by atoms with Gasteiger partial charge in [-0.15, -0.1) is 0 Å². The third kappa shape index (κ3) is 4.52. The molecule has 1 fully saturated rings. The van der Waals surface area contributed by atoms with Gasteiger partial charge in [-0.05, 0) is 19.8 Å². The molecule has 124 valence electrons. The first-order valence-electron chi connectivity index (χ1n) is 7.14. The van der Waals surface area contributed by atoms with Crippen molar-refractivity contribution >= 4 is 15.9 Å². The zero-order valence-electron chi connectivity index (χ0n) is 12.7. The zero-order chi connectivity index (χ0) is 16.2. The van der Waals surface area contributed by atoms with Crippen LogP contribution in [0, 0.1) is 6.92 Å². The largest absolute Gasteiger partial charge is 0.381 e. The van der Waals surface area contributed by atoms with Gasteiger partial charge in [0.25, 0.3) is 5.91 Å². The monoisotopic (exact) mass is 331 g/mol. The Kier molecular flexibility index (Phi) is 5.54. The highest BCUT2D eigenvalue weighted by Gasteiger charge is 2.28. The van der Waals surface area contributed by atoms with Crippen LogP contribution in [0.1, 0.15) is 29.1 Å². The predicted octanol–water partition coefficient (Wildman–Crippen LogP) is 0.153. The van der Waals surface area contributed by atoms with Crippen LogP contribution in [0.3, 0.4) is 0 Å². The van der Waals surface area contributed by atoms with E-state index in [1.165, 1.54) is 16.6 Å². The Morgan fingerprint density at radius 1 is 1.45 bits per heavy atom. The average molecular weight is 331 g/mol. The molecule has 0 unspecified atom stereocenters. The Morgan fingerprint density at radius 2 is 2.14 bits per heavy atom. The maximum atomic E-state index is 11.9. The molecule has 1 aromatic heterocycles. The number of nitrogens with one attached hydrogen (secondary N) is 1. The minimum absolute atomic E-state index is 0.0741. The zero-order valence-corrected chi connectivity index (χ0v) is 13.6. The van der Waals surface area contributed by atoms with Crippen molar-refractivity contribution in [3.05, 3.63) is 17.5 Å². The fourth-order valence-electron chi connectivity index (χ4n) is 2.44. The predicted molar refractivity (Wildman–Crippen MR) is 79.0 cm³/mol. The highest BCUT2D eigenvalue weighted by Crippen LogP contribution is 2.16. The molecule has 0 radical (unpaired) electrons. The van der Waals surface area contributed by atoms with Crippen LogP contribution in [-0.2, 0) is 14.8 Å². The first-order chi connectivity index (χ1) is 10.4. The molecule has 0 atom stereocenters. The van der Waals surface area contributed by atoms with Crippen molar-refractivity contribution in [2.45, 2.75) is 25.8 Å². The summed E-state index contributed by atoms with van der Waals surface area (Å²) in [4.78, 5) is 11.8. The van der Waals surface area contributed by atoms with Crippen LogP contribution in [0.5, 0.6) is 0 Å². The Morgan fingerprint density at radius 3 is 2.68 bits per heavy atom. The van der Waals surface area contributed by atoms with E-state index < -0.39 is 10.0 Å². The summed E-state index contributed by atoms with van der Waals surface area (Å²) < 4.78 is 35.4. The number of sulfonamides is 1. The van der Waals surface area contributed by atoms with Gasteiger partial charge in [-0.25, -0.2) is 8.42 Å². The number of carbonyl (C=O) groups excluding carboxylic acids is 1.